The fraction of sp³-hybridized carbons (Fsp3) is 0.214. The largest absolute Gasteiger partial charge is 0.365 e. The molecule has 0 radical (unpaired) electrons. The molecule has 0 amide bonds. The van der Waals surface area contributed by atoms with Crippen LogP contribution in [0.15, 0.2) is 43.0 Å². The van der Waals surface area contributed by atoms with E-state index in [0.717, 1.165) is 24.5 Å². The number of hydrogen-bond donors (Lipinski definition) is 1. The lowest BCUT2D eigenvalue weighted by Gasteiger charge is -2.09. The molecule has 3 aliphatic rings. The average molecular weight is 251 g/mol. The van der Waals surface area contributed by atoms with Crippen LogP contribution in [0.25, 0.3) is 11.5 Å². The molecule has 0 saturated carbocycles. The first-order valence-electron chi connectivity index (χ1n) is 6.36. The van der Waals surface area contributed by atoms with Crippen LogP contribution in [0.5, 0.6) is 0 Å². The van der Waals surface area contributed by atoms with Crippen LogP contribution in [-0.2, 0) is 13.0 Å². The summed E-state index contributed by atoms with van der Waals surface area (Å²) in [5.74, 6) is 1.74. The second-order valence-electron chi connectivity index (χ2n) is 4.82. The minimum Gasteiger partial charge on any atom is -0.365 e. The molecule has 0 spiro atoms. The van der Waals surface area contributed by atoms with Gasteiger partial charge in [-0.25, -0.2) is 15.0 Å². The molecule has 3 heterocycles. The summed E-state index contributed by atoms with van der Waals surface area (Å²) in [5.41, 5.74) is 2.20. The van der Waals surface area contributed by atoms with Crippen molar-refractivity contribution < 1.29 is 0 Å². The van der Waals surface area contributed by atoms with Gasteiger partial charge in [-0.15, -0.1) is 0 Å². The van der Waals surface area contributed by atoms with E-state index in [1.165, 1.54) is 5.56 Å². The van der Waals surface area contributed by atoms with Gasteiger partial charge in [-0.3, -0.25) is 0 Å². The van der Waals surface area contributed by atoms with E-state index in [4.69, 9.17) is 0 Å². The van der Waals surface area contributed by atoms with Gasteiger partial charge in [-0.1, -0.05) is 30.3 Å². The Morgan fingerprint density at radius 1 is 1.16 bits per heavy atom. The van der Waals surface area contributed by atoms with Gasteiger partial charge in [0.15, 0.2) is 5.82 Å². The van der Waals surface area contributed by atoms with E-state index in [0.29, 0.717) is 11.9 Å². The van der Waals surface area contributed by atoms with Crippen LogP contribution in [0.2, 0.25) is 0 Å². The molecule has 0 bridgehead atoms. The maximum Gasteiger partial charge on any atom is 0.184 e. The summed E-state index contributed by atoms with van der Waals surface area (Å²) in [5, 5.41) is 3.53. The van der Waals surface area contributed by atoms with Gasteiger partial charge in [-0.2, -0.15) is 0 Å². The summed E-state index contributed by atoms with van der Waals surface area (Å²) in [7, 11) is 0. The van der Waals surface area contributed by atoms with Crippen LogP contribution >= 0.6 is 0 Å². The monoisotopic (exact) mass is 251 g/mol. The third-order valence-corrected chi connectivity index (χ3v) is 3.49. The standard InChI is InChI=1S/C14H13N5/c1-2-4-10(5-3-1)6-11-7-19-9-17-13-12(14(19)18-11)15-8-16-13/h1-5,8-9,11,18H,6-7H2/t11-/m1/s1. The maximum absolute atomic E-state index is 4.30. The lowest BCUT2D eigenvalue weighted by molar-refractivity contribution is 0.637. The van der Waals surface area contributed by atoms with E-state index in [1.54, 1.807) is 6.33 Å². The summed E-state index contributed by atoms with van der Waals surface area (Å²) in [6.45, 7) is 0.917. The van der Waals surface area contributed by atoms with E-state index in [2.05, 4.69) is 49.1 Å². The van der Waals surface area contributed by atoms with Crippen molar-refractivity contribution in [3.63, 3.8) is 0 Å². The first-order chi connectivity index (χ1) is 9.40. The Kier molecular flexibility index (Phi) is 2.24. The summed E-state index contributed by atoms with van der Waals surface area (Å²) in [6, 6.07) is 10.9. The molecule has 0 fully saturated rings. The summed E-state index contributed by atoms with van der Waals surface area (Å²) in [4.78, 5) is 12.7. The molecule has 5 nitrogen and oxygen atoms in total. The fourth-order valence-corrected chi connectivity index (χ4v) is 2.62. The number of anilines is 1. The van der Waals surface area contributed by atoms with Gasteiger partial charge in [-0.05, 0) is 12.0 Å². The molecule has 5 heteroatoms. The SMILES string of the molecule is c1ccc(C[C@@H]2Cn3cnc4ncnc-4c3N2)cc1. The normalized spacial score (nSPS) is 17.4. The summed E-state index contributed by atoms with van der Waals surface area (Å²) < 4.78 is 2.12. The third kappa shape index (κ3) is 1.74. The predicted molar refractivity (Wildman–Crippen MR) is 72.0 cm³/mol. The van der Waals surface area contributed by atoms with Crippen molar-refractivity contribution in [3.8, 4) is 11.5 Å². The Balaban J connectivity index is 1.61. The minimum atomic E-state index is 0.381. The first kappa shape index (κ1) is 10.5. The first-order valence-corrected chi connectivity index (χ1v) is 6.36. The molecule has 1 aromatic carbocycles. The van der Waals surface area contributed by atoms with E-state index in [9.17, 15) is 0 Å². The van der Waals surface area contributed by atoms with Crippen LogP contribution in [0.4, 0.5) is 5.82 Å². The summed E-state index contributed by atoms with van der Waals surface area (Å²) in [6.07, 6.45) is 4.40. The Morgan fingerprint density at radius 2 is 2.05 bits per heavy atom. The molecule has 19 heavy (non-hydrogen) atoms. The average Bonchev–Trinajstić information content (AvgIpc) is 3.04. The number of nitrogens with zero attached hydrogens (tertiary/aromatic N) is 4. The smallest absolute Gasteiger partial charge is 0.184 e. The second-order valence-corrected chi connectivity index (χ2v) is 4.82. The van der Waals surface area contributed by atoms with Gasteiger partial charge in [0.2, 0.25) is 0 Å². The highest BCUT2D eigenvalue weighted by atomic mass is 15.2. The van der Waals surface area contributed by atoms with Crippen molar-refractivity contribution in [2.24, 2.45) is 0 Å². The van der Waals surface area contributed by atoms with Crippen molar-refractivity contribution in [2.45, 2.75) is 19.0 Å². The van der Waals surface area contributed by atoms with Gasteiger partial charge in [0.05, 0.1) is 6.33 Å². The molecule has 0 saturated heterocycles. The topological polar surface area (TPSA) is 55.6 Å². The highest BCUT2D eigenvalue weighted by Gasteiger charge is 2.25. The number of nitrogens with one attached hydrogen (secondary N) is 1. The van der Waals surface area contributed by atoms with Gasteiger partial charge >= 0.3 is 0 Å². The summed E-state index contributed by atoms with van der Waals surface area (Å²) >= 11 is 0. The lowest BCUT2D eigenvalue weighted by atomic mass is 10.1. The van der Waals surface area contributed by atoms with E-state index < -0.39 is 0 Å². The van der Waals surface area contributed by atoms with Crippen LogP contribution in [0.1, 0.15) is 5.56 Å². The molecule has 3 aliphatic heterocycles. The van der Waals surface area contributed by atoms with Crippen molar-refractivity contribution in [1.82, 2.24) is 19.5 Å². The third-order valence-electron chi connectivity index (χ3n) is 3.49. The number of fused-ring (bicyclic) bond motifs is 3. The number of aromatic nitrogens is 4. The lowest BCUT2D eigenvalue weighted by Crippen LogP contribution is -2.19. The van der Waals surface area contributed by atoms with Crippen LogP contribution in [0.3, 0.4) is 0 Å². The second kappa shape index (κ2) is 4.05. The Labute approximate surface area is 110 Å². The molecule has 0 unspecified atom stereocenters. The molecule has 1 aromatic rings. The van der Waals surface area contributed by atoms with Crippen molar-refractivity contribution >= 4 is 5.82 Å². The minimum absolute atomic E-state index is 0.381. The van der Waals surface area contributed by atoms with Gasteiger partial charge in [0.25, 0.3) is 0 Å². The number of imidazole rings is 1. The Bertz CT molecular complexity index is 676. The van der Waals surface area contributed by atoms with Crippen molar-refractivity contribution in [3.05, 3.63) is 48.5 Å². The molecule has 0 aliphatic carbocycles. The highest BCUT2D eigenvalue weighted by Crippen LogP contribution is 2.29. The quantitative estimate of drug-likeness (QED) is 0.754. The van der Waals surface area contributed by atoms with Gasteiger partial charge in [0, 0.05) is 12.6 Å². The molecule has 0 aromatic heterocycles. The van der Waals surface area contributed by atoms with Gasteiger partial charge in [0.1, 0.15) is 17.8 Å². The zero-order valence-corrected chi connectivity index (χ0v) is 10.3. The van der Waals surface area contributed by atoms with Crippen molar-refractivity contribution in [2.75, 3.05) is 5.32 Å². The zero-order chi connectivity index (χ0) is 12.7. The number of benzene rings is 1. The maximum atomic E-state index is 4.30. The molecular weight excluding hydrogens is 238 g/mol. The Hall–Kier alpha value is -2.43. The van der Waals surface area contributed by atoms with Crippen LogP contribution < -0.4 is 5.32 Å². The van der Waals surface area contributed by atoms with Crippen LogP contribution in [-0.4, -0.2) is 25.6 Å². The predicted octanol–water partition coefficient (Wildman–Crippen LogP) is 1.81. The van der Waals surface area contributed by atoms with Crippen LogP contribution in [0, 0.1) is 0 Å². The molecular formula is C14H13N5. The molecule has 1 atom stereocenters. The zero-order valence-electron chi connectivity index (χ0n) is 10.3. The Morgan fingerprint density at radius 3 is 2.95 bits per heavy atom. The number of rotatable bonds is 2. The molecule has 94 valence electrons. The highest BCUT2D eigenvalue weighted by molar-refractivity contribution is 5.68. The van der Waals surface area contributed by atoms with E-state index in [-0.39, 0.29) is 0 Å². The van der Waals surface area contributed by atoms with E-state index in [1.807, 2.05) is 12.4 Å². The molecule has 4 rings (SSSR count). The number of hydrogen-bond acceptors (Lipinski definition) is 4. The molecule has 1 N–H and O–H groups in total. The van der Waals surface area contributed by atoms with Gasteiger partial charge < -0.3 is 9.88 Å². The fourth-order valence-electron chi connectivity index (χ4n) is 2.62. The van der Waals surface area contributed by atoms with E-state index >= 15 is 0 Å². The van der Waals surface area contributed by atoms with Crippen molar-refractivity contribution in [1.29, 1.82) is 0 Å².